The van der Waals surface area contributed by atoms with E-state index in [0.29, 0.717) is 31.4 Å². The van der Waals surface area contributed by atoms with Crippen molar-refractivity contribution in [3.05, 3.63) is 88.9 Å². The zero-order chi connectivity index (χ0) is 27.6. The summed E-state index contributed by atoms with van der Waals surface area (Å²) in [5.74, 6) is -1.45. The van der Waals surface area contributed by atoms with Crippen molar-refractivity contribution in [2.45, 2.75) is 58.4 Å². The van der Waals surface area contributed by atoms with Crippen LogP contribution >= 0.6 is 0 Å². The molecule has 1 saturated heterocycles. The fourth-order valence-corrected chi connectivity index (χ4v) is 5.67. The molecule has 4 rings (SSSR count). The molecular formula is C32H40FN3O2. The summed E-state index contributed by atoms with van der Waals surface area (Å²) in [6, 6.07) is 12.3. The van der Waals surface area contributed by atoms with Gasteiger partial charge in [-0.2, -0.15) is 0 Å². The van der Waals surface area contributed by atoms with Crippen LogP contribution in [0.4, 0.5) is 10.1 Å². The number of piperidine rings is 1. The van der Waals surface area contributed by atoms with Crippen molar-refractivity contribution in [3.8, 4) is 0 Å². The number of allylic oxidation sites excluding steroid dienone is 3. The molecule has 0 spiro atoms. The van der Waals surface area contributed by atoms with E-state index in [1.807, 2.05) is 38.4 Å². The molecule has 0 bridgehead atoms. The quantitative estimate of drug-likeness (QED) is 0.506. The summed E-state index contributed by atoms with van der Waals surface area (Å²) in [5.41, 5.74) is 3.68. The second-order valence-corrected chi connectivity index (χ2v) is 11.8. The Morgan fingerprint density at radius 2 is 1.84 bits per heavy atom. The van der Waals surface area contributed by atoms with Crippen LogP contribution < -0.4 is 5.32 Å². The normalized spacial score (nSPS) is 21.6. The van der Waals surface area contributed by atoms with Crippen LogP contribution in [0.2, 0.25) is 0 Å². The summed E-state index contributed by atoms with van der Waals surface area (Å²) in [4.78, 5) is 31.6. The molecule has 2 aromatic carbocycles. The zero-order valence-corrected chi connectivity index (χ0v) is 23.4. The number of benzene rings is 2. The van der Waals surface area contributed by atoms with Crippen LogP contribution in [-0.4, -0.2) is 48.3 Å². The molecule has 2 aliphatic rings. The molecule has 2 amide bonds. The minimum absolute atomic E-state index is 0.0449. The highest BCUT2D eigenvalue weighted by molar-refractivity contribution is 5.98. The van der Waals surface area contributed by atoms with E-state index in [-0.39, 0.29) is 34.8 Å². The molecule has 1 fully saturated rings. The third-order valence-corrected chi connectivity index (χ3v) is 7.82. The maximum atomic E-state index is 14.9. The Labute approximate surface area is 226 Å². The number of carbonyl (C=O) groups excluding carboxylic acids is 2. The van der Waals surface area contributed by atoms with E-state index in [1.54, 1.807) is 24.0 Å². The maximum Gasteiger partial charge on any atom is 0.257 e. The number of aryl methyl sites for hydroxylation is 1. The molecule has 0 saturated carbocycles. The highest BCUT2D eigenvalue weighted by Crippen LogP contribution is 2.37. The fourth-order valence-electron chi connectivity index (χ4n) is 5.67. The van der Waals surface area contributed by atoms with Gasteiger partial charge >= 0.3 is 0 Å². The Kier molecular flexibility index (Phi) is 8.10. The number of rotatable bonds is 5. The summed E-state index contributed by atoms with van der Waals surface area (Å²) in [6.45, 7) is 8.68. The minimum atomic E-state index is -0.521. The Morgan fingerprint density at radius 1 is 1.11 bits per heavy atom. The van der Waals surface area contributed by atoms with Gasteiger partial charge in [0.2, 0.25) is 5.91 Å². The molecule has 0 radical (unpaired) electrons. The van der Waals surface area contributed by atoms with E-state index in [2.05, 4.69) is 49.2 Å². The van der Waals surface area contributed by atoms with Gasteiger partial charge < -0.3 is 15.1 Å². The lowest BCUT2D eigenvalue weighted by molar-refractivity contribution is -0.123. The molecule has 38 heavy (non-hydrogen) atoms. The van der Waals surface area contributed by atoms with Gasteiger partial charge in [0.05, 0.1) is 17.5 Å². The first-order valence-electron chi connectivity index (χ1n) is 13.5. The molecule has 1 heterocycles. The van der Waals surface area contributed by atoms with E-state index in [9.17, 15) is 14.0 Å². The average Bonchev–Trinajstić information content (AvgIpc) is 2.87. The third kappa shape index (κ3) is 5.85. The lowest BCUT2D eigenvalue weighted by atomic mass is 9.77. The maximum absolute atomic E-state index is 14.9. The number of likely N-dealkylation sites (tertiary alicyclic amines) is 1. The van der Waals surface area contributed by atoms with E-state index in [4.69, 9.17) is 0 Å². The van der Waals surface area contributed by atoms with Crippen LogP contribution in [0.1, 0.15) is 61.5 Å². The van der Waals surface area contributed by atoms with Crippen molar-refractivity contribution in [2.24, 2.45) is 11.8 Å². The molecule has 1 N–H and O–H groups in total. The van der Waals surface area contributed by atoms with Crippen molar-refractivity contribution in [1.82, 2.24) is 9.80 Å². The summed E-state index contributed by atoms with van der Waals surface area (Å²) in [5, 5.41) is 3.15. The molecule has 1 aliphatic heterocycles. The molecular weight excluding hydrogens is 477 g/mol. The number of nitrogens with zero attached hydrogens (tertiary/aromatic N) is 2. The van der Waals surface area contributed by atoms with Crippen LogP contribution in [0.5, 0.6) is 0 Å². The van der Waals surface area contributed by atoms with Crippen molar-refractivity contribution >= 4 is 17.5 Å². The van der Waals surface area contributed by atoms with E-state index < -0.39 is 11.7 Å². The second kappa shape index (κ2) is 11.1. The fraction of sp³-hybridized carbons (Fsp3) is 0.438. The van der Waals surface area contributed by atoms with Crippen LogP contribution in [0, 0.1) is 24.6 Å². The average molecular weight is 518 g/mol. The van der Waals surface area contributed by atoms with E-state index >= 15 is 0 Å². The van der Waals surface area contributed by atoms with Gasteiger partial charge in [0.25, 0.3) is 5.91 Å². The highest BCUT2D eigenvalue weighted by atomic mass is 19.1. The highest BCUT2D eigenvalue weighted by Gasteiger charge is 2.43. The summed E-state index contributed by atoms with van der Waals surface area (Å²) in [7, 11) is 4.00. The molecule has 0 aromatic heterocycles. The Bertz CT molecular complexity index is 1240. The molecule has 202 valence electrons. The first-order chi connectivity index (χ1) is 18.0. The number of amides is 2. The van der Waals surface area contributed by atoms with Crippen LogP contribution in [0.3, 0.4) is 0 Å². The first-order valence-corrected chi connectivity index (χ1v) is 13.5. The summed E-state index contributed by atoms with van der Waals surface area (Å²) < 4.78 is 14.9. The largest absolute Gasteiger partial charge is 0.381 e. The minimum Gasteiger partial charge on any atom is -0.381 e. The molecule has 2 aromatic rings. The van der Waals surface area contributed by atoms with Gasteiger partial charge in [0.15, 0.2) is 0 Å². The monoisotopic (exact) mass is 517 g/mol. The Hall–Kier alpha value is -3.41. The molecule has 6 heteroatoms. The van der Waals surface area contributed by atoms with Gasteiger partial charge in [-0.25, -0.2) is 4.39 Å². The van der Waals surface area contributed by atoms with Crippen molar-refractivity contribution < 1.29 is 14.0 Å². The molecule has 3 atom stereocenters. The van der Waals surface area contributed by atoms with Crippen LogP contribution in [0.25, 0.3) is 0 Å². The van der Waals surface area contributed by atoms with Gasteiger partial charge in [0, 0.05) is 37.9 Å². The summed E-state index contributed by atoms with van der Waals surface area (Å²) in [6.07, 6.45) is 8.23. The van der Waals surface area contributed by atoms with Gasteiger partial charge in [-0.05, 0) is 67.0 Å². The number of halogens is 1. The van der Waals surface area contributed by atoms with Gasteiger partial charge in [0.1, 0.15) is 5.82 Å². The standard InChI is InChI=1S/C32H40FN3O2/c1-21-11-7-17-27(33)28(21)31(38)36-18-10-16-26(29(36)22-12-8-15-25(19-22)35(5)6)30(37)34-24-14-9-13-23(20-24)32(2,3)4/h7-9,11-15,17,20,22,26,29H,10,16,18-19H2,1-6H3,(H,34,37)/t22?,26?,29-/m0/s1. The van der Waals surface area contributed by atoms with Gasteiger partial charge in [-0.15, -0.1) is 0 Å². The molecule has 1 aliphatic carbocycles. The van der Waals surface area contributed by atoms with Gasteiger partial charge in [-0.3, -0.25) is 9.59 Å². The smallest absolute Gasteiger partial charge is 0.257 e. The van der Waals surface area contributed by atoms with Crippen LogP contribution in [0.15, 0.2) is 66.4 Å². The van der Waals surface area contributed by atoms with Crippen molar-refractivity contribution in [3.63, 3.8) is 0 Å². The van der Waals surface area contributed by atoms with Crippen molar-refractivity contribution in [1.29, 1.82) is 0 Å². The SMILES string of the molecule is Cc1cccc(F)c1C(=O)N1CCCC(C(=O)Nc2cccc(C(C)(C)C)c2)[C@@H]1C1C=CC=C(N(C)C)C1. The third-order valence-electron chi connectivity index (χ3n) is 7.82. The lowest BCUT2D eigenvalue weighted by Gasteiger charge is -2.45. The van der Waals surface area contributed by atoms with E-state index in [1.165, 1.54) is 6.07 Å². The predicted octanol–water partition coefficient (Wildman–Crippen LogP) is 6.31. The van der Waals surface area contributed by atoms with E-state index in [0.717, 1.165) is 16.9 Å². The second-order valence-electron chi connectivity index (χ2n) is 11.8. The number of nitrogens with one attached hydrogen (secondary N) is 1. The molecule has 5 nitrogen and oxygen atoms in total. The number of hydrogen-bond donors (Lipinski definition) is 1. The number of anilines is 1. The zero-order valence-electron chi connectivity index (χ0n) is 23.4. The Morgan fingerprint density at radius 3 is 2.53 bits per heavy atom. The molecule has 2 unspecified atom stereocenters. The predicted molar refractivity (Wildman–Crippen MR) is 151 cm³/mol. The number of hydrogen-bond acceptors (Lipinski definition) is 3. The first kappa shape index (κ1) is 27.6. The summed E-state index contributed by atoms with van der Waals surface area (Å²) >= 11 is 0. The topological polar surface area (TPSA) is 52.7 Å². The Balaban J connectivity index is 1.69. The lowest BCUT2D eigenvalue weighted by Crippen LogP contribution is -2.55. The van der Waals surface area contributed by atoms with Crippen LogP contribution in [-0.2, 0) is 10.2 Å². The van der Waals surface area contributed by atoms with Gasteiger partial charge in [-0.1, -0.05) is 57.2 Å². The number of carbonyl (C=O) groups is 2. The van der Waals surface area contributed by atoms with Crippen molar-refractivity contribution in [2.75, 3.05) is 26.0 Å².